The quantitative estimate of drug-likeness (QED) is 0.485. The van der Waals surface area contributed by atoms with Crippen molar-refractivity contribution in [2.45, 2.75) is 0 Å². The Morgan fingerprint density at radius 1 is 1.55 bits per heavy atom. The SMILES string of the molecule is NC(=O)NCC1C2CNCC21. The number of primary amides is 1. The number of amides is 2. The van der Waals surface area contributed by atoms with Gasteiger partial charge in [0.25, 0.3) is 0 Å². The maximum Gasteiger partial charge on any atom is 0.312 e. The number of carbonyl (C=O) groups excluding carboxylic acids is 1. The lowest BCUT2D eigenvalue weighted by molar-refractivity contribution is 0.248. The summed E-state index contributed by atoms with van der Waals surface area (Å²) in [4.78, 5) is 10.3. The van der Waals surface area contributed by atoms with Crippen molar-refractivity contribution in [2.75, 3.05) is 19.6 Å². The van der Waals surface area contributed by atoms with E-state index in [1.807, 2.05) is 0 Å². The predicted molar refractivity (Wildman–Crippen MR) is 40.9 cm³/mol. The van der Waals surface area contributed by atoms with Crippen molar-refractivity contribution in [1.82, 2.24) is 10.6 Å². The molecule has 0 aromatic heterocycles. The summed E-state index contributed by atoms with van der Waals surface area (Å²) in [5, 5.41) is 5.94. The fourth-order valence-electron chi connectivity index (χ4n) is 2.07. The van der Waals surface area contributed by atoms with Crippen molar-refractivity contribution < 1.29 is 4.79 Å². The van der Waals surface area contributed by atoms with Crippen LogP contribution in [-0.2, 0) is 0 Å². The summed E-state index contributed by atoms with van der Waals surface area (Å²) < 4.78 is 0. The van der Waals surface area contributed by atoms with Crippen LogP contribution in [0.5, 0.6) is 0 Å². The molecule has 0 radical (unpaired) electrons. The Bertz CT molecular complexity index is 173. The number of nitrogens with two attached hydrogens (primary N) is 1. The van der Waals surface area contributed by atoms with Gasteiger partial charge in [0.15, 0.2) is 0 Å². The molecule has 62 valence electrons. The minimum atomic E-state index is -0.400. The van der Waals surface area contributed by atoms with E-state index in [2.05, 4.69) is 10.6 Å². The summed E-state index contributed by atoms with van der Waals surface area (Å²) in [6.45, 7) is 3.01. The van der Waals surface area contributed by atoms with Crippen molar-refractivity contribution in [3.63, 3.8) is 0 Å². The predicted octanol–water partition coefficient (Wildman–Crippen LogP) is -0.880. The Kier molecular flexibility index (Phi) is 1.49. The Morgan fingerprint density at radius 2 is 2.18 bits per heavy atom. The molecule has 4 N–H and O–H groups in total. The molecule has 1 aliphatic carbocycles. The lowest BCUT2D eigenvalue weighted by Crippen LogP contribution is -2.32. The monoisotopic (exact) mass is 155 g/mol. The lowest BCUT2D eigenvalue weighted by Gasteiger charge is -2.03. The van der Waals surface area contributed by atoms with E-state index in [9.17, 15) is 4.79 Å². The molecule has 2 unspecified atom stereocenters. The van der Waals surface area contributed by atoms with Crippen LogP contribution in [0.15, 0.2) is 0 Å². The first-order valence-electron chi connectivity index (χ1n) is 4.03. The van der Waals surface area contributed by atoms with E-state index in [1.54, 1.807) is 0 Å². The number of piperidine rings is 1. The van der Waals surface area contributed by atoms with E-state index < -0.39 is 6.03 Å². The molecule has 4 heteroatoms. The summed E-state index contributed by atoms with van der Waals surface area (Å²) in [6, 6.07) is -0.400. The Hall–Kier alpha value is -0.770. The van der Waals surface area contributed by atoms with Crippen LogP contribution in [0, 0.1) is 17.8 Å². The van der Waals surface area contributed by atoms with Crippen LogP contribution in [0.25, 0.3) is 0 Å². The van der Waals surface area contributed by atoms with Gasteiger partial charge in [-0.1, -0.05) is 0 Å². The number of carbonyl (C=O) groups is 1. The molecule has 2 amide bonds. The average molecular weight is 155 g/mol. The smallest absolute Gasteiger partial charge is 0.312 e. The van der Waals surface area contributed by atoms with Crippen molar-refractivity contribution in [1.29, 1.82) is 0 Å². The molecule has 2 rings (SSSR count). The topological polar surface area (TPSA) is 67.2 Å². The molecule has 11 heavy (non-hydrogen) atoms. The largest absolute Gasteiger partial charge is 0.352 e. The van der Waals surface area contributed by atoms with Crippen LogP contribution in [0.2, 0.25) is 0 Å². The summed E-state index contributed by atoms with van der Waals surface area (Å²) >= 11 is 0. The van der Waals surface area contributed by atoms with Gasteiger partial charge in [0.2, 0.25) is 0 Å². The molecule has 2 aliphatic rings. The maximum absolute atomic E-state index is 10.3. The van der Waals surface area contributed by atoms with Gasteiger partial charge in [0.05, 0.1) is 0 Å². The summed E-state index contributed by atoms with van der Waals surface area (Å²) in [5.41, 5.74) is 4.95. The van der Waals surface area contributed by atoms with E-state index in [-0.39, 0.29) is 0 Å². The lowest BCUT2D eigenvalue weighted by atomic mass is 10.3. The van der Waals surface area contributed by atoms with Crippen LogP contribution in [-0.4, -0.2) is 25.7 Å². The number of hydrogen-bond acceptors (Lipinski definition) is 2. The number of nitrogens with one attached hydrogen (secondary N) is 2. The van der Waals surface area contributed by atoms with E-state index >= 15 is 0 Å². The van der Waals surface area contributed by atoms with Crippen LogP contribution in [0.4, 0.5) is 4.79 Å². The zero-order valence-corrected chi connectivity index (χ0v) is 6.34. The third-order valence-electron chi connectivity index (χ3n) is 2.78. The fraction of sp³-hybridized carbons (Fsp3) is 0.857. The van der Waals surface area contributed by atoms with Gasteiger partial charge in [-0.15, -0.1) is 0 Å². The van der Waals surface area contributed by atoms with Crippen molar-refractivity contribution in [3.8, 4) is 0 Å². The van der Waals surface area contributed by atoms with Gasteiger partial charge >= 0.3 is 6.03 Å². The van der Waals surface area contributed by atoms with Gasteiger partial charge in [0.1, 0.15) is 0 Å². The molecule has 4 nitrogen and oxygen atoms in total. The van der Waals surface area contributed by atoms with Gasteiger partial charge in [-0.3, -0.25) is 0 Å². The molecule has 0 aromatic carbocycles. The van der Waals surface area contributed by atoms with Gasteiger partial charge in [-0.2, -0.15) is 0 Å². The van der Waals surface area contributed by atoms with Crippen LogP contribution >= 0.6 is 0 Å². The van der Waals surface area contributed by atoms with Crippen LogP contribution in [0.1, 0.15) is 0 Å². The highest BCUT2D eigenvalue weighted by Crippen LogP contribution is 2.47. The second-order valence-electron chi connectivity index (χ2n) is 3.39. The summed E-state index contributed by atoms with van der Waals surface area (Å²) in [5.74, 6) is 2.31. The summed E-state index contributed by atoms with van der Waals surface area (Å²) in [7, 11) is 0. The Labute approximate surface area is 65.5 Å². The first-order chi connectivity index (χ1) is 5.29. The van der Waals surface area contributed by atoms with Crippen molar-refractivity contribution in [2.24, 2.45) is 23.5 Å². The average Bonchev–Trinajstić information content (AvgIpc) is 2.44. The second-order valence-corrected chi connectivity index (χ2v) is 3.39. The van der Waals surface area contributed by atoms with Crippen LogP contribution < -0.4 is 16.4 Å². The zero-order valence-electron chi connectivity index (χ0n) is 6.34. The van der Waals surface area contributed by atoms with Crippen molar-refractivity contribution >= 4 is 6.03 Å². The first kappa shape index (κ1) is 6.91. The molecule has 1 heterocycles. The highest BCUT2D eigenvalue weighted by molar-refractivity contribution is 5.71. The van der Waals surface area contributed by atoms with Gasteiger partial charge < -0.3 is 16.4 Å². The Balaban J connectivity index is 1.71. The third-order valence-corrected chi connectivity index (χ3v) is 2.78. The zero-order chi connectivity index (χ0) is 7.84. The van der Waals surface area contributed by atoms with E-state index in [4.69, 9.17) is 5.73 Å². The van der Waals surface area contributed by atoms with E-state index in [0.717, 1.165) is 31.5 Å². The van der Waals surface area contributed by atoms with Gasteiger partial charge in [-0.05, 0) is 30.8 Å². The highest BCUT2D eigenvalue weighted by atomic mass is 16.2. The molecule has 1 saturated carbocycles. The molecule has 0 bridgehead atoms. The van der Waals surface area contributed by atoms with Gasteiger partial charge in [-0.25, -0.2) is 4.79 Å². The number of urea groups is 1. The van der Waals surface area contributed by atoms with E-state index in [1.165, 1.54) is 0 Å². The molecule has 1 saturated heterocycles. The molecule has 0 spiro atoms. The molecular formula is C7H13N3O. The first-order valence-corrected chi connectivity index (χ1v) is 4.03. The number of hydrogen-bond donors (Lipinski definition) is 3. The molecule has 2 fully saturated rings. The molecular weight excluding hydrogens is 142 g/mol. The molecule has 2 atom stereocenters. The maximum atomic E-state index is 10.3. The van der Waals surface area contributed by atoms with E-state index in [0.29, 0.717) is 5.92 Å². The van der Waals surface area contributed by atoms with Crippen LogP contribution in [0.3, 0.4) is 0 Å². The third kappa shape index (κ3) is 1.18. The summed E-state index contributed by atoms with van der Waals surface area (Å²) in [6.07, 6.45) is 0. The number of rotatable bonds is 2. The van der Waals surface area contributed by atoms with Crippen molar-refractivity contribution in [3.05, 3.63) is 0 Å². The minimum Gasteiger partial charge on any atom is -0.352 e. The second kappa shape index (κ2) is 2.37. The number of fused-ring (bicyclic) bond motifs is 1. The van der Waals surface area contributed by atoms with Gasteiger partial charge in [0, 0.05) is 6.54 Å². The molecule has 0 aromatic rings. The fourth-order valence-corrected chi connectivity index (χ4v) is 2.07. The standard InChI is InChI=1S/C7H13N3O/c8-7(11)10-3-6-4-1-9-2-5(4)6/h4-6,9H,1-3H2,(H3,8,10,11). The minimum absolute atomic E-state index is 0.400. The Morgan fingerprint density at radius 3 is 2.73 bits per heavy atom. The highest BCUT2D eigenvalue weighted by Gasteiger charge is 2.52. The molecule has 1 aliphatic heterocycles. The normalized spacial score (nSPS) is 39.8.